The molecular formula is C22H22N2O4S2. The summed E-state index contributed by atoms with van der Waals surface area (Å²) in [6.07, 6.45) is 0.196. The van der Waals surface area contributed by atoms with Crippen LogP contribution in [0.5, 0.6) is 0 Å². The minimum Gasteiger partial charge on any atom is -0.465 e. The molecule has 3 aromatic rings. The molecule has 3 rings (SSSR count). The topological polar surface area (TPSA) is 84.5 Å². The van der Waals surface area contributed by atoms with Crippen molar-refractivity contribution in [2.75, 3.05) is 12.4 Å². The number of carbonyl (C=O) groups is 3. The molecule has 30 heavy (non-hydrogen) atoms. The number of benzene rings is 1. The first kappa shape index (κ1) is 21.7. The molecule has 0 aliphatic heterocycles. The highest BCUT2D eigenvalue weighted by Crippen LogP contribution is 2.34. The van der Waals surface area contributed by atoms with Gasteiger partial charge in [0, 0.05) is 4.88 Å². The molecule has 1 atom stereocenters. The maximum absolute atomic E-state index is 12.9. The van der Waals surface area contributed by atoms with Gasteiger partial charge in [0.1, 0.15) is 5.00 Å². The van der Waals surface area contributed by atoms with Crippen LogP contribution in [0.2, 0.25) is 0 Å². The van der Waals surface area contributed by atoms with Gasteiger partial charge in [0.25, 0.3) is 5.91 Å². The van der Waals surface area contributed by atoms with E-state index in [1.54, 1.807) is 6.92 Å². The lowest BCUT2D eigenvalue weighted by Gasteiger charge is -2.14. The molecule has 2 N–H and O–H groups in total. The highest BCUT2D eigenvalue weighted by molar-refractivity contribution is 7.18. The van der Waals surface area contributed by atoms with E-state index < -0.39 is 5.97 Å². The Bertz CT molecular complexity index is 1040. The van der Waals surface area contributed by atoms with E-state index in [0.29, 0.717) is 15.4 Å². The van der Waals surface area contributed by atoms with Crippen LogP contribution in [0, 0.1) is 6.92 Å². The predicted molar refractivity (Wildman–Crippen MR) is 119 cm³/mol. The molecule has 0 radical (unpaired) electrons. The van der Waals surface area contributed by atoms with Crippen molar-refractivity contribution in [2.45, 2.75) is 26.3 Å². The molecule has 2 amide bonds. The summed E-state index contributed by atoms with van der Waals surface area (Å²) in [5.41, 5.74) is 1.66. The summed E-state index contributed by atoms with van der Waals surface area (Å²) in [6, 6.07) is 13.1. The molecule has 0 bridgehead atoms. The molecule has 6 nitrogen and oxygen atoms in total. The highest BCUT2D eigenvalue weighted by atomic mass is 32.1. The minimum atomic E-state index is -0.592. The summed E-state index contributed by atoms with van der Waals surface area (Å²) in [4.78, 5) is 39.0. The molecule has 1 aromatic carbocycles. The van der Waals surface area contributed by atoms with Gasteiger partial charge >= 0.3 is 5.97 Å². The number of methoxy groups -OCH3 is 1. The van der Waals surface area contributed by atoms with Crippen LogP contribution < -0.4 is 10.6 Å². The van der Waals surface area contributed by atoms with Crippen molar-refractivity contribution < 1.29 is 19.1 Å². The fourth-order valence-corrected chi connectivity index (χ4v) is 4.81. The lowest BCUT2D eigenvalue weighted by Crippen LogP contribution is -2.26. The Hall–Kier alpha value is -2.97. The molecular weight excluding hydrogens is 420 g/mol. The third kappa shape index (κ3) is 4.95. The SMILES string of the molecule is COC(=O)c1c(NC(=O)Cc2cccs2)sc(C(=O)NC(C)c2ccccc2)c1C. The van der Waals surface area contributed by atoms with Crippen LogP contribution in [0.3, 0.4) is 0 Å². The lowest BCUT2D eigenvalue weighted by molar-refractivity contribution is -0.115. The van der Waals surface area contributed by atoms with Crippen molar-refractivity contribution >= 4 is 45.5 Å². The summed E-state index contributed by atoms with van der Waals surface area (Å²) in [6.45, 7) is 3.57. The second-order valence-electron chi connectivity index (χ2n) is 6.66. The third-order valence-corrected chi connectivity index (χ3v) is 6.64. The van der Waals surface area contributed by atoms with Crippen LogP contribution in [0.25, 0.3) is 0 Å². The Morgan fingerprint density at radius 1 is 1.10 bits per heavy atom. The first-order valence-electron chi connectivity index (χ1n) is 9.30. The normalized spacial score (nSPS) is 11.6. The Morgan fingerprint density at radius 2 is 1.83 bits per heavy atom. The summed E-state index contributed by atoms with van der Waals surface area (Å²) in [7, 11) is 1.27. The number of ether oxygens (including phenoxy) is 1. The third-order valence-electron chi connectivity index (χ3n) is 4.56. The van der Waals surface area contributed by atoms with Crippen molar-refractivity contribution in [1.29, 1.82) is 0 Å². The zero-order chi connectivity index (χ0) is 21.7. The molecule has 8 heteroatoms. The molecule has 2 aromatic heterocycles. The summed E-state index contributed by atoms with van der Waals surface area (Å²) in [5.74, 6) is -1.16. The Kier molecular flexibility index (Phi) is 7.02. The smallest absolute Gasteiger partial charge is 0.341 e. The number of anilines is 1. The average molecular weight is 443 g/mol. The largest absolute Gasteiger partial charge is 0.465 e. The maximum Gasteiger partial charge on any atom is 0.341 e. The average Bonchev–Trinajstić information content (AvgIpc) is 3.35. The van der Waals surface area contributed by atoms with Gasteiger partial charge in [-0.2, -0.15) is 0 Å². The minimum absolute atomic E-state index is 0.196. The Morgan fingerprint density at radius 3 is 2.47 bits per heavy atom. The van der Waals surface area contributed by atoms with Gasteiger partial charge in [-0.05, 0) is 36.4 Å². The molecule has 2 heterocycles. The van der Waals surface area contributed by atoms with E-state index in [0.717, 1.165) is 21.8 Å². The quantitative estimate of drug-likeness (QED) is 0.525. The number of hydrogen-bond acceptors (Lipinski definition) is 6. The van der Waals surface area contributed by atoms with Crippen LogP contribution >= 0.6 is 22.7 Å². The lowest BCUT2D eigenvalue weighted by atomic mass is 10.1. The summed E-state index contributed by atoms with van der Waals surface area (Å²) >= 11 is 2.56. The van der Waals surface area contributed by atoms with Crippen molar-refractivity contribution in [3.05, 3.63) is 74.3 Å². The van der Waals surface area contributed by atoms with Gasteiger partial charge in [0.15, 0.2) is 0 Å². The molecule has 156 valence electrons. The number of rotatable bonds is 7. The maximum atomic E-state index is 12.9. The monoisotopic (exact) mass is 442 g/mol. The number of nitrogens with one attached hydrogen (secondary N) is 2. The van der Waals surface area contributed by atoms with E-state index in [1.807, 2.05) is 54.8 Å². The van der Waals surface area contributed by atoms with Crippen molar-refractivity contribution in [3.8, 4) is 0 Å². The van der Waals surface area contributed by atoms with Gasteiger partial charge in [-0.3, -0.25) is 9.59 Å². The van der Waals surface area contributed by atoms with E-state index in [-0.39, 0.29) is 29.8 Å². The van der Waals surface area contributed by atoms with Gasteiger partial charge in [-0.1, -0.05) is 36.4 Å². The molecule has 0 saturated carbocycles. The second kappa shape index (κ2) is 9.69. The molecule has 0 aliphatic rings. The first-order chi connectivity index (χ1) is 14.4. The van der Waals surface area contributed by atoms with Crippen LogP contribution in [0.4, 0.5) is 5.00 Å². The van der Waals surface area contributed by atoms with E-state index in [4.69, 9.17) is 4.74 Å². The number of esters is 1. The number of carbonyl (C=O) groups excluding carboxylic acids is 3. The van der Waals surface area contributed by atoms with E-state index in [1.165, 1.54) is 18.4 Å². The van der Waals surface area contributed by atoms with Crippen LogP contribution in [-0.4, -0.2) is 24.9 Å². The van der Waals surface area contributed by atoms with Crippen LogP contribution in [0.15, 0.2) is 47.8 Å². The Balaban J connectivity index is 1.83. The first-order valence-corrected chi connectivity index (χ1v) is 11.0. The second-order valence-corrected chi connectivity index (χ2v) is 8.71. The van der Waals surface area contributed by atoms with Gasteiger partial charge in [-0.15, -0.1) is 22.7 Å². The fraction of sp³-hybridized carbons (Fsp3) is 0.227. The zero-order valence-electron chi connectivity index (χ0n) is 16.9. The fourth-order valence-electron chi connectivity index (χ4n) is 3.00. The van der Waals surface area contributed by atoms with Gasteiger partial charge < -0.3 is 15.4 Å². The highest BCUT2D eigenvalue weighted by Gasteiger charge is 2.27. The molecule has 0 saturated heterocycles. The summed E-state index contributed by atoms with van der Waals surface area (Å²) < 4.78 is 4.88. The van der Waals surface area contributed by atoms with E-state index in [2.05, 4.69) is 10.6 Å². The molecule has 0 spiro atoms. The van der Waals surface area contributed by atoms with Crippen molar-refractivity contribution in [1.82, 2.24) is 5.32 Å². The standard InChI is InChI=1S/C22H22N2O4S2/c1-13-18(22(27)28-3)21(24-17(25)12-16-10-7-11-29-16)30-19(13)20(26)23-14(2)15-8-5-4-6-9-15/h4-11,14H,12H2,1-3H3,(H,23,26)(H,24,25). The zero-order valence-corrected chi connectivity index (χ0v) is 18.5. The van der Waals surface area contributed by atoms with Crippen molar-refractivity contribution in [2.24, 2.45) is 0 Å². The van der Waals surface area contributed by atoms with Gasteiger partial charge in [-0.25, -0.2) is 4.79 Å². The molecule has 1 unspecified atom stereocenters. The predicted octanol–water partition coefficient (Wildman–Crippen LogP) is 4.58. The molecule has 0 aliphatic carbocycles. The number of hydrogen-bond donors (Lipinski definition) is 2. The Labute approximate surface area is 182 Å². The molecule has 0 fully saturated rings. The van der Waals surface area contributed by atoms with Gasteiger partial charge in [0.2, 0.25) is 5.91 Å². The van der Waals surface area contributed by atoms with Crippen LogP contribution in [-0.2, 0) is 16.0 Å². The number of thiophene rings is 2. The van der Waals surface area contributed by atoms with E-state index >= 15 is 0 Å². The number of amides is 2. The van der Waals surface area contributed by atoms with Gasteiger partial charge in [0.05, 0.1) is 30.0 Å². The van der Waals surface area contributed by atoms with Crippen molar-refractivity contribution in [3.63, 3.8) is 0 Å². The van der Waals surface area contributed by atoms with Crippen LogP contribution in [0.1, 0.15) is 49.0 Å². The van der Waals surface area contributed by atoms with E-state index in [9.17, 15) is 14.4 Å². The summed E-state index contributed by atoms with van der Waals surface area (Å²) in [5, 5.41) is 7.93.